The van der Waals surface area contributed by atoms with Gasteiger partial charge in [-0.2, -0.15) is 0 Å². The quantitative estimate of drug-likeness (QED) is 0.533. The van der Waals surface area contributed by atoms with Crippen molar-refractivity contribution in [1.29, 1.82) is 0 Å². The maximum atomic E-state index is 3.68. The van der Waals surface area contributed by atoms with E-state index in [1.165, 1.54) is 0 Å². The van der Waals surface area contributed by atoms with Gasteiger partial charge in [-0.15, -0.1) is 0 Å². The number of hydrogen-bond acceptors (Lipinski definition) is 0. The van der Waals surface area contributed by atoms with E-state index in [0.29, 0.717) is 0 Å². The molecule has 0 rings (SSSR count). The molecule has 0 amide bonds. The highest BCUT2D eigenvalue weighted by molar-refractivity contribution is 5.33. The summed E-state index contributed by atoms with van der Waals surface area (Å²) < 4.78 is 0. The molecule has 0 saturated heterocycles. The van der Waals surface area contributed by atoms with Gasteiger partial charge in [0.05, 0.1) is 0 Å². The predicted molar refractivity (Wildman–Crippen MR) is 52.4 cm³/mol. The second kappa shape index (κ2) is 6.81. The van der Waals surface area contributed by atoms with E-state index in [1.807, 2.05) is 37.3 Å². The summed E-state index contributed by atoms with van der Waals surface area (Å²) in [4.78, 5) is 0. The lowest BCUT2D eigenvalue weighted by Crippen LogP contribution is -1.66. The molecule has 0 atom stereocenters. The lowest BCUT2D eigenvalue weighted by Gasteiger charge is -1.87. The molecule has 0 fully saturated rings. The first kappa shape index (κ1) is 9.70. The van der Waals surface area contributed by atoms with Crippen LogP contribution in [0.1, 0.15) is 6.92 Å². The minimum Gasteiger partial charge on any atom is -0.0991 e. The average molecular weight is 146 g/mol. The Hall–Kier alpha value is -1.30. The zero-order chi connectivity index (χ0) is 8.53. The van der Waals surface area contributed by atoms with Crippen LogP contribution in [0.25, 0.3) is 0 Å². The summed E-state index contributed by atoms with van der Waals surface area (Å²) in [6.07, 6.45) is 13.3. The number of hydrogen-bond donors (Lipinski definition) is 0. The highest BCUT2D eigenvalue weighted by Gasteiger charge is 1.77. The molecule has 11 heavy (non-hydrogen) atoms. The van der Waals surface area contributed by atoms with Crippen molar-refractivity contribution >= 4 is 0 Å². The van der Waals surface area contributed by atoms with E-state index in [9.17, 15) is 0 Å². The summed E-state index contributed by atoms with van der Waals surface area (Å²) in [6, 6.07) is 0. The van der Waals surface area contributed by atoms with E-state index in [4.69, 9.17) is 0 Å². The molecule has 0 spiro atoms. The number of rotatable bonds is 4. The monoisotopic (exact) mass is 146 g/mol. The molecule has 0 aromatic heterocycles. The standard InChI is InChI=1S/C11H14/c1-4-7-9-11(6-3)10-8-5-2/h4-10H,1,3H2,2H3/b8-5-,9-7-,11-10-. The molecule has 58 valence electrons. The summed E-state index contributed by atoms with van der Waals surface area (Å²) in [5, 5.41) is 0. The van der Waals surface area contributed by atoms with Gasteiger partial charge in [0.2, 0.25) is 0 Å². The van der Waals surface area contributed by atoms with E-state index in [2.05, 4.69) is 13.2 Å². The molecule has 0 aromatic carbocycles. The van der Waals surface area contributed by atoms with Crippen LogP contribution in [0.15, 0.2) is 61.3 Å². The van der Waals surface area contributed by atoms with Gasteiger partial charge in [-0.05, 0) is 12.5 Å². The predicted octanol–water partition coefficient (Wildman–Crippen LogP) is 3.42. The first-order valence-electron chi connectivity index (χ1n) is 3.59. The van der Waals surface area contributed by atoms with Gasteiger partial charge in [0.25, 0.3) is 0 Å². The fourth-order valence-corrected chi connectivity index (χ4v) is 0.578. The van der Waals surface area contributed by atoms with Crippen LogP contribution in [0.4, 0.5) is 0 Å². The van der Waals surface area contributed by atoms with E-state index in [-0.39, 0.29) is 0 Å². The molecule has 0 N–H and O–H groups in total. The third-order valence-corrected chi connectivity index (χ3v) is 1.14. The van der Waals surface area contributed by atoms with Gasteiger partial charge in [0, 0.05) is 0 Å². The van der Waals surface area contributed by atoms with Crippen LogP contribution < -0.4 is 0 Å². The van der Waals surface area contributed by atoms with Crippen LogP contribution in [-0.2, 0) is 0 Å². The van der Waals surface area contributed by atoms with Crippen molar-refractivity contribution < 1.29 is 0 Å². The summed E-state index contributed by atoms with van der Waals surface area (Å²) in [7, 11) is 0. The topological polar surface area (TPSA) is 0 Å². The second-order valence-corrected chi connectivity index (χ2v) is 1.99. The Balaban J connectivity index is 4.26. The summed E-state index contributed by atoms with van der Waals surface area (Å²) in [6.45, 7) is 9.24. The van der Waals surface area contributed by atoms with Crippen LogP contribution >= 0.6 is 0 Å². The van der Waals surface area contributed by atoms with E-state index >= 15 is 0 Å². The van der Waals surface area contributed by atoms with Crippen LogP contribution in [-0.4, -0.2) is 0 Å². The lowest BCUT2D eigenvalue weighted by molar-refractivity contribution is 1.66. The third kappa shape index (κ3) is 5.16. The fraction of sp³-hybridized carbons (Fsp3) is 0.0909. The van der Waals surface area contributed by atoms with Crippen molar-refractivity contribution in [3.63, 3.8) is 0 Å². The Labute approximate surface area is 68.9 Å². The van der Waals surface area contributed by atoms with Crippen molar-refractivity contribution in [2.75, 3.05) is 0 Å². The van der Waals surface area contributed by atoms with Crippen molar-refractivity contribution in [2.45, 2.75) is 6.92 Å². The molecule has 0 saturated carbocycles. The third-order valence-electron chi connectivity index (χ3n) is 1.14. The summed E-state index contributed by atoms with van der Waals surface area (Å²) in [5.41, 5.74) is 1.09. The van der Waals surface area contributed by atoms with Crippen LogP contribution in [0.2, 0.25) is 0 Å². The lowest BCUT2D eigenvalue weighted by atomic mass is 10.2. The van der Waals surface area contributed by atoms with Crippen molar-refractivity contribution in [3.05, 3.63) is 61.3 Å². The molecule has 0 heteroatoms. The Morgan fingerprint density at radius 1 is 1.18 bits per heavy atom. The molecule has 0 aliphatic carbocycles. The van der Waals surface area contributed by atoms with E-state index in [0.717, 1.165) is 5.57 Å². The largest absolute Gasteiger partial charge is 0.0991 e. The fourth-order valence-electron chi connectivity index (χ4n) is 0.578. The molecule has 0 bridgehead atoms. The van der Waals surface area contributed by atoms with Crippen molar-refractivity contribution in [1.82, 2.24) is 0 Å². The van der Waals surface area contributed by atoms with Gasteiger partial charge in [-0.1, -0.05) is 55.7 Å². The molecule has 0 aliphatic heterocycles. The molecular formula is C11H14. The first-order chi connectivity index (χ1) is 5.35. The Kier molecular flexibility index (Phi) is 6.01. The normalized spacial score (nSPS) is 12.6. The maximum absolute atomic E-state index is 3.68. The molecule has 0 aromatic rings. The Bertz CT molecular complexity index is 202. The Morgan fingerprint density at radius 3 is 2.36 bits per heavy atom. The van der Waals surface area contributed by atoms with Crippen molar-refractivity contribution in [3.8, 4) is 0 Å². The molecule has 0 heterocycles. The molecule has 0 unspecified atom stereocenters. The minimum absolute atomic E-state index is 1.09. The van der Waals surface area contributed by atoms with E-state index in [1.54, 1.807) is 12.2 Å². The molecule has 0 aliphatic rings. The minimum atomic E-state index is 1.09. The highest BCUT2D eigenvalue weighted by atomic mass is 13.8. The van der Waals surface area contributed by atoms with Gasteiger partial charge in [0.15, 0.2) is 0 Å². The zero-order valence-corrected chi connectivity index (χ0v) is 6.96. The Morgan fingerprint density at radius 2 is 1.91 bits per heavy atom. The second-order valence-electron chi connectivity index (χ2n) is 1.99. The van der Waals surface area contributed by atoms with Gasteiger partial charge in [-0.3, -0.25) is 0 Å². The highest BCUT2D eigenvalue weighted by Crippen LogP contribution is 1.98. The van der Waals surface area contributed by atoms with Crippen LogP contribution in [0.5, 0.6) is 0 Å². The van der Waals surface area contributed by atoms with Gasteiger partial charge in [-0.25, -0.2) is 0 Å². The summed E-state index contributed by atoms with van der Waals surface area (Å²) in [5.74, 6) is 0. The van der Waals surface area contributed by atoms with Gasteiger partial charge >= 0.3 is 0 Å². The van der Waals surface area contributed by atoms with E-state index < -0.39 is 0 Å². The van der Waals surface area contributed by atoms with Crippen LogP contribution in [0, 0.1) is 0 Å². The average Bonchev–Trinajstić information content (AvgIpc) is 2.05. The number of allylic oxidation sites excluding steroid dienone is 8. The first-order valence-corrected chi connectivity index (χ1v) is 3.59. The smallest absolute Gasteiger partial charge is 0.0263 e. The van der Waals surface area contributed by atoms with Crippen molar-refractivity contribution in [2.24, 2.45) is 0 Å². The molecular weight excluding hydrogens is 132 g/mol. The zero-order valence-electron chi connectivity index (χ0n) is 6.96. The van der Waals surface area contributed by atoms with Gasteiger partial charge in [0.1, 0.15) is 0 Å². The molecule has 0 nitrogen and oxygen atoms in total. The maximum Gasteiger partial charge on any atom is -0.0263 e. The summed E-state index contributed by atoms with van der Waals surface area (Å²) >= 11 is 0. The van der Waals surface area contributed by atoms with Gasteiger partial charge < -0.3 is 0 Å². The van der Waals surface area contributed by atoms with Crippen LogP contribution in [0.3, 0.4) is 0 Å². The SMILES string of the molecule is C=C\C=C/C(C=C)=C\C=C/C. The molecule has 0 radical (unpaired) electrons.